The van der Waals surface area contributed by atoms with E-state index in [4.69, 9.17) is 0 Å². The third-order valence-electron chi connectivity index (χ3n) is 3.20. The SMILES string of the molecule is C[C@H](NC(=O)CSCc1ccccc1F)c1ccc(F)cc1. The molecule has 2 rings (SSSR count). The Morgan fingerprint density at radius 3 is 2.50 bits per heavy atom. The average molecular weight is 321 g/mol. The fourth-order valence-corrected chi connectivity index (χ4v) is 2.81. The van der Waals surface area contributed by atoms with Crippen molar-refractivity contribution in [3.63, 3.8) is 0 Å². The number of rotatable bonds is 6. The zero-order valence-corrected chi connectivity index (χ0v) is 13.0. The minimum Gasteiger partial charge on any atom is -0.349 e. The third-order valence-corrected chi connectivity index (χ3v) is 4.18. The van der Waals surface area contributed by atoms with E-state index in [0.717, 1.165) is 5.56 Å². The van der Waals surface area contributed by atoms with Crippen molar-refractivity contribution in [3.05, 3.63) is 71.3 Å². The Labute approximate surface area is 132 Å². The largest absolute Gasteiger partial charge is 0.349 e. The van der Waals surface area contributed by atoms with Gasteiger partial charge in [0.15, 0.2) is 0 Å². The van der Waals surface area contributed by atoms with E-state index in [1.807, 2.05) is 6.92 Å². The molecule has 1 atom stereocenters. The van der Waals surface area contributed by atoms with Gasteiger partial charge >= 0.3 is 0 Å². The Hall–Kier alpha value is -1.88. The predicted molar refractivity (Wildman–Crippen MR) is 85.5 cm³/mol. The smallest absolute Gasteiger partial charge is 0.230 e. The van der Waals surface area contributed by atoms with Crippen molar-refractivity contribution >= 4 is 17.7 Å². The van der Waals surface area contributed by atoms with Crippen molar-refractivity contribution in [2.75, 3.05) is 5.75 Å². The van der Waals surface area contributed by atoms with Crippen LogP contribution in [0, 0.1) is 11.6 Å². The van der Waals surface area contributed by atoms with Crippen molar-refractivity contribution < 1.29 is 13.6 Å². The molecule has 0 aliphatic rings. The Morgan fingerprint density at radius 2 is 1.82 bits per heavy atom. The first-order valence-electron chi connectivity index (χ1n) is 6.92. The van der Waals surface area contributed by atoms with Crippen LogP contribution in [-0.2, 0) is 10.5 Å². The Balaban J connectivity index is 1.78. The lowest BCUT2D eigenvalue weighted by Gasteiger charge is -2.14. The van der Waals surface area contributed by atoms with Gasteiger partial charge in [-0.15, -0.1) is 11.8 Å². The van der Waals surface area contributed by atoms with Crippen molar-refractivity contribution in [1.82, 2.24) is 5.32 Å². The summed E-state index contributed by atoms with van der Waals surface area (Å²) in [7, 11) is 0. The molecule has 0 bridgehead atoms. The number of carbonyl (C=O) groups excluding carboxylic acids is 1. The average Bonchev–Trinajstić information content (AvgIpc) is 2.50. The molecule has 1 amide bonds. The van der Waals surface area contributed by atoms with Crippen LogP contribution >= 0.6 is 11.8 Å². The first kappa shape index (κ1) is 16.5. The van der Waals surface area contributed by atoms with Gasteiger partial charge in [0.2, 0.25) is 5.91 Å². The molecular weight excluding hydrogens is 304 g/mol. The number of thioether (sulfide) groups is 1. The fraction of sp³-hybridized carbons (Fsp3) is 0.235. The molecule has 0 unspecified atom stereocenters. The van der Waals surface area contributed by atoms with Gasteiger partial charge in [-0.1, -0.05) is 30.3 Å². The zero-order chi connectivity index (χ0) is 15.9. The van der Waals surface area contributed by atoms with Crippen LogP contribution in [0.25, 0.3) is 0 Å². The van der Waals surface area contributed by atoms with Crippen LogP contribution in [0.3, 0.4) is 0 Å². The lowest BCUT2D eigenvalue weighted by atomic mass is 10.1. The molecule has 0 aromatic heterocycles. The number of hydrogen-bond donors (Lipinski definition) is 1. The monoisotopic (exact) mass is 321 g/mol. The van der Waals surface area contributed by atoms with Crippen molar-refractivity contribution in [2.45, 2.75) is 18.7 Å². The van der Waals surface area contributed by atoms with Gasteiger partial charge in [-0.25, -0.2) is 8.78 Å². The van der Waals surface area contributed by atoms with Crippen LogP contribution in [0.5, 0.6) is 0 Å². The molecule has 0 aliphatic heterocycles. The number of benzene rings is 2. The van der Waals surface area contributed by atoms with Gasteiger partial charge in [-0.3, -0.25) is 4.79 Å². The molecule has 0 heterocycles. The maximum Gasteiger partial charge on any atom is 0.230 e. The highest BCUT2D eigenvalue weighted by Crippen LogP contribution is 2.16. The van der Waals surface area contributed by atoms with Crippen molar-refractivity contribution in [3.8, 4) is 0 Å². The number of hydrogen-bond acceptors (Lipinski definition) is 2. The molecule has 0 saturated heterocycles. The highest BCUT2D eigenvalue weighted by molar-refractivity contribution is 7.99. The van der Waals surface area contributed by atoms with Crippen LogP contribution in [0.15, 0.2) is 48.5 Å². The van der Waals surface area contributed by atoms with E-state index in [9.17, 15) is 13.6 Å². The third kappa shape index (κ3) is 4.84. The minimum atomic E-state index is -0.303. The number of amides is 1. The van der Waals surface area contributed by atoms with E-state index in [1.165, 1.54) is 30.0 Å². The molecule has 2 aromatic carbocycles. The highest BCUT2D eigenvalue weighted by Gasteiger charge is 2.10. The van der Waals surface area contributed by atoms with Gasteiger partial charge in [0, 0.05) is 5.75 Å². The Kier molecular flexibility index (Phi) is 5.95. The van der Waals surface area contributed by atoms with E-state index in [-0.39, 0.29) is 29.3 Å². The van der Waals surface area contributed by atoms with Gasteiger partial charge in [0.25, 0.3) is 0 Å². The molecule has 1 N–H and O–H groups in total. The number of carbonyl (C=O) groups is 1. The van der Waals surface area contributed by atoms with Crippen molar-refractivity contribution in [2.24, 2.45) is 0 Å². The van der Waals surface area contributed by atoms with Gasteiger partial charge in [0.05, 0.1) is 11.8 Å². The first-order valence-corrected chi connectivity index (χ1v) is 8.07. The van der Waals surface area contributed by atoms with E-state index in [2.05, 4.69) is 5.32 Å². The summed E-state index contributed by atoms with van der Waals surface area (Å²) in [5.74, 6) is 0.0150. The molecule has 2 aromatic rings. The second kappa shape index (κ2) is 7.94. The molecule has 0 saturated carbocycles. The highest BCUT2D eigenvalue weighted by atomic mass is 32.2. The molecular formula is C17H17F2NOS. The summed E-state index contributed by atoms with van der Waals surface area (Å²) in [6.45, 7) is 1.84. The molecule has 2 nitrogen and oxygen atoms in total. The predicted octanol–water partition coefficient (Wildman–Crippen LogP) is 4.08. The quantitative estimate of drug-likeness (QED) is 0.869. The second-order valence-corrected chi connectivity index (χ2v) is 5.91. The number of halogens is 2. The van der Waals surface area contributed by atoms with Gasteiger partial charge in [-0.2, -0.15) is 0 Å². The van der Waals surface area contributed by atoms with E-state index >= 15 is 0 Å². The van der Waals surface area contributed by atoms with Crippen LogP contribution in [0.2, 0.25) is 0 Å². The zero-order valence-electron chi connectivity index (χ0n) is 12.2. The van der Waals surface area contributed by atoms with Crippen molar-refractivity contribution in [1.29, 1.82) is 0 Å². The first-order chi connectivity index (χ1) is 10.6. The van der Waals surface area contributed by atoms with E-state index in [0.29, 0.717) is 11.3 Å². The van der Waals surface area contributed by atoms with Crippen LogP contribution in [0.1, 0.15) is 24.1 Å². The molecule has 0 fully saturated rings. The van der Waals surface area contributed by atoms with Crippen LogP contribution < -0.4 is 5.32 Å². The molecule has 22 heavy (non-hydrogen) atoms. The fourth-order valence-electron chi connectivity index (χ4n) is 1.99. The summed E-state index contributed by atoms with van der Waals surface area (Å²) < 4.78 is 26.3. The summed E-state index contributed by atoms with van der Waals surface area (Å²) in [6.07, 6.45) is 0. The summed E-state index contributed by atoms with van der Waals surface area (Å²) >= 11 is 1.36. The maximum absolute atomic E-state index is 13.4. The summed E-state index contributed by atoms with van der Waals surface area (Å²) in [5, 5.41) is 2.84. The lowest BCUT2D eigenvalue weighted by molar-refractivity contribution is -0.119. The van der Waals surface area contributed by atoms with Crippen LogP contribution in [0.4, 0.5) is 8.78 Å². The standard InChI is InChI=1S/C17H17F2NOS/c1-12(13-6-8-15(18)9-7-13)20-17(21)11-22-10-14-4-2-3-5-16(14)19/h2-9,12H,10-11H2,1H3,(H,20,21)/t12-/m0/s1. The lowest BCUT2D eigenvalue weighted by Crippen LogP contribution is -2.28. The molecule has 0 aliphatic carbocycles. The molecule has 0 spiro atoms. The Morgan fingerprint density at radius 1 is 1.14 bits per heavy atom. The normalized spacial score (nSPS) is 12.0. The summed E-state index contributed by atoms with van der Waals surface area (Å²) in [4.78, 5) is 11.9. The minimum absolute atomic E-state index is 0.127. The molecule has 5 heteroatoms. The van der Waals surface area contributed by atoms with Gasteiger partial charge in [-0.05, 0) is 36.2 Å². The maximum atomic E-state index is 13.4. The Bertz CT molecular complexity index is 631. The molecule has 116 valence electrons. The second-order valence-electron chi connectivity index (χ2n) is 4.92. The topological polar surface area (TPSA) is 29.1 Å². The summed E-state index contributed by atoms with van der Waals surface area (Å²) in [6, 6.07) is 12.4. The van der Waals surface area contributed by atoms with E-state index in [1.54, 1.807) is 30.3 Å². The molecule has 0 radical (unpaired) electrons. The van der Waals surface area contributed by atoms with E-state index < -0.39 is 0 Å². The summed E-state index contributed by atoms with van der Waals surface area (Å²) in [5.41, 5.74) is 1.43. The van der Waals surface area contributed by atoms with Gasteiger partial charge < -0.3 is 5.32 Å². The van der Waals surface area contributed by atoms with Crippen LogP contribution in [-0.4, -0.2) is 11.7 Å². The number of nitrogens with one attached hydrogen (secondary N) is 1. The van der Waals surface area contributed by atoms with Gasteiger partial charge in [0.1, 0.15) is 11.6 Å².